The molecule has 3 atom stereocenters. The molecule has 0 aliphatic carbocycles. The fourth-order valence-electron chi connectivity index (χ4n) is 2.23. The van der Waals surface area contributed by atoms with Gasteiger partial charge in [-0.1, -0.05) is 78.0 Å². The van der Waals surface area contributed by atoms with Gasteiger partial charge in [0.25, 0.3) is 0 Å². The van der Waals surface area contributed by atoms with Gasteiger partial charge in [-0.2, -0.15) is 0 Å². The molecule has 0 heterocycles. The highest BCUT2D eigenvalue weighted by Crippen LogP contribution is 2.53. The molecule has 0 spiro atoms. The largest absolute Gasteiger partial charge is 0.793 e. The van der Waals surface area contributed by atoms with Gasteiger partial charge >= 0.3 is 0 Å². The van der Waals surface area contributed by atoms with Crippen molar-refractivity contribution in [3.63, 3.8) is 0 Å². The Morgan fingerprint density at radius 2 is 1.50 bits per heavy atom. The second-order valence-electron chi connectivity index (χ2n) is 5.87. The molecule has 0 aliphatic heterocycles. The second-order valence-corrected chi connectivity index (χ2v) is 12.0. The lowest BCUT2D eigenvalue weighted by Gasteiger charge is -2.30. The summed E-state index contributed by atoms with van der Waals surface area (Å²) >= 11 is 6.58. The van der Waals surface area contributed by atoms with E-state index in [1.54, 1.807) is 0 Å². The third kappa shape index (κ3) is 13.3. The van der Waals surface area contributed by atoms with Crippen LogP contribution in [0.2, 0.25) is 0 Å². The Bertz CT molecular complexity index is 269. The van der Waals surface area contributed by atoms with Crippen LogP contribution < -0.4 is 11.0 Å². The molecule has 3 nitrogen and oxygen atoms in total. The number of quaternary nitrogens is 1. The highest BCUT2D eigenvalue weighted by molar-refractivity contribution is 8.67. The number of hydrogen-bond acceptors (Lipinski definition) is 4. The minimum absolute atomic E-state index is 0. The summed E-state index contributed by atoms with van der Waals surface area (Å²) in [5, 5.41) is 0. The van der Waals surface area contributed by atoms with E-state index in [0.717, 1.165) is 25.0 Å². The highest BCUT2D eigenvalue weighted by Gasteiger charge is 2.13. The van der Waals surface area contributed by atoms with Crippen molar-refractivity contribution in [2.45, 2.75) is 79.1 Å². The lowest BCUT2D eigenvalue weighted by Crippen LogP contribution is -2.12. The van der Waals surface area contributed by atoms with Crippen LogP contribution in [0, 0.1) is 11.8 Å². The first-order chi connectivity index (χ1) is 9.99. The van der Waals surface area contributed by atoms with Crippen LogP contribution in [0.5, 0.6) is 0 Å². The zero-order valence-electron chi connectivity index (χ0n) is 15.3. The summed E-state index contributed by atoms with van der Waals surface area (Å²) in [6.45, 7) is 9.34. The minimum Gasteiger partial charge on any atom is -0.793 e. The van der Waals surface area contributed by atoms with E-state index in [2.05, 4.69) is 27.7 Å². The van der Waals surface area contributed by atoms with Gasteiger partial charge in [0, 0.05) is 11.4 Å². The van der Waals surface area contributed by atoms with Gasteiger partial charge in [-0.25, -0.2) is 0 Å². The molecule has 0 amide bonds. The molecule has 0 radical (unpaired) electrons. The molecule has 0 saturated heterocycles. The fourth-order valence-corrected chi connectivity index (χ4v) is 5.81. The first-order valence-corrected chi connectivity index (χ1v) is 12.8. The third-order valence-corrected chi connectivity index (χ3v) is 8.40. The Labute approximate surface area is 147 Å². The van der Waals surface area contributed by atoms with E-state index in [1.165, 1.54) is 43.5 Å². The van der Waals surface area contributed by atoms with E-state index in [9.17, 15) is 4.89 Å². The molecule has 0 fully saturated rings. The first-order valence-electron chi connectivity index (χ1n) is 8.59. The van der Waals surface area contributed by atoms with Gasteiger partial charge in [0.2, 0.25) is 0 Å². The van der Waals surface area contributed by atoms with Crippen LogP contribution in [0.3, 0.4) is 0 Å². The fraction of sp³-hybridized carbons (Fsp3) is 1.00. The molecule has 0 aromatic rings. The molecule has 0 saturated carbocycles. The van der Waals surface area contributed by atoms with Crippen LogP contribution in [-0.2, 0) is 16.3 Å². The number of rotatable bonds is 14. The number of unbranched alkanes of at least 4 members (excludes halogenated alkanes) is 2. The Kier molecular flexibility index (Phi) is 17.6. The van der Waals surface area contributed by atoms with Crippen LogP contribution in [0.15, 0.2) is 0 Å². The normalized spacial score (nSPS) is 16.6. The van der Waals surface area contributed by atoms with Crippen molar-refractivity contribution in [1.29, 1.82) is 0 Å². The van der Waals surface area contributed by atoms with E-state index < -0.39 is 5.69 Å². The lowest BCUT2D eigenvalue weighted by atomic mass is 10.0. The summed E-state index contributed by atoms with van der Waals surface area (Å²) in [6, 6.07) is 0. The van der Waals surface area contributed by atoms with Crippen molar-refractivity contribution in [3.05, 3.63) is 0 Å². The van der Waals surface area contributed by atoms with Crippen molar-refractivity contribution in [3.8, 4) is 0 Å². The minimum atomic E-state index is -2.89. The van der Waals surface area contributed by atoms with Crippen molar-refractivity contribution >= 4 is 28.9 Å². The zero-order chi connectivity index (χ0) is 16.1. The molecule has 136 valence electrons. The summed E-state index contributed by atoms with van der Waals surface area (Å²) in [5.41, 5.74) is -2.89. The van der Waals surface area contributed by atoms with Gasteiger partial charge in [0.1, 0.15) is 0 Å². The Morgan fingerprint density at radius 3 is 1.95 bits per heavy atom. The second kappa shape index (κ2) is 15.4. The van der Waals surface area contributed by atoms with Crippen molar-refractivity contribution in [1.82, 2.24) is 6.15 Å². The van der Waals surface area contributed by atoms with Crippen molar-refractivity contribution in [2.24, 2.45) is 11.8 Å². The third-order valence-electron chi connectivity index (χ3n) is 4.02. The number of hydrogen-bond donors (Lipinski definition) is 1. The van der Waals surface area contributed by atoms with Crippen LogP contribution in [-0.4, -0.2) is 12.4 Å². The Balaban J connectivity index is 0. The molecule has 0 aromatic carbocycles. The Morgan fingerprint density at radius 1 is 1.00 bits per heavy atom. The SMILES string of the molecule is CCCCC(CC)COP([O-])(=S)SCC(CC)CCCC.[NH4+]. The van der Waals surface area contributed by atoms with Gasteiger partial charge in [0.15, 0.2) is 0 Å². The van der Waals surface area contributed by atoms with Gasteiger partial charge < -0.3 is 15.6 Å². The summed E-state index contributed by atoms with van der Waals surface area (Å²) < 4.78 is 5.61. The molecule has 0 aromatic heterocycles. The summed E-state index contributed by atoms with van der Waals surface area (Å²) in [7, 11) is 0. The monoisotopic (exact) mass is 371 g/mol. The molecular formula is C16H38NO2PS2. The topological polar surface area (TPSA) is 68.8 Å². The maximum absolute atomic E-state index is 12.4. The van der Waals surface area contributed by atoms with Gasteiger partial charge in [-0.05, 0) is 24.7 Å². The molecule has 4 N–H and O–H groups in total. The lowest BCUT2D eigenvalue weighted by molar-refractivity contribution is -0.175. The predicted molar refractivity (Wildman–Crippen MR) is 105 cm³/mol. The molecule has 0 bridgehead atoms. The smallest absolute Gasteiger partial charge is 0.0541 e. The van der Waals surface area contributed by atoms with Crippen LogP contribution in [0.25, 0.3) is 0 Å². The average molecular weight is 372 g/mol. The van der Waals surface area contributed by atoms with E-state index in [0.29, 0.717) is 18.4 Å². The summed E-state index contributed by atoms with van der Waals surface area (Å²) in [4.78, 5) is 12.4. The predicted octanol–water partition coefficient (Wildman–Crippen LogP) is 6.13. The standard InChI is InChI=1S/C16H35O2PS2.H3N/c1-5-9-11-15(7-3)13-18-19(17,20)21-14-16(8-4)12-10-6-2;/h15-16H,5-14H2,1-4H3,(H,17,20);1H3. The highest BCUT2D eigenvalue weighted by atomic mass is 32.9. The van der Waals surface area contributed by atoms with E-state index >= 15 is 0 Å². The van der Waals surface area contributed by atoms with Gasteiger partial charge in [0.05, 0.1) is 6.61 Å². The van der Waals surface area contributed by atoms with Crippen molar-refractivity contribution in [2.75, 3.05) is 12.4 Å². The van der Waals surface area contributed by atoms with E-state index in [4.69, 9.17) is 16.3 Å². The maximum atomic E-state index is 12.4. The van der Waals surface area contributed by atoms with Gasteiger partial charge in [-0.3, -0.25) is 0 Å². The van der Waals surface area contributed by atoms with E-state index in [1.807, 2.05) is 0 Å². The Hall–Kier alpha value is 0.880. The summed E-state index contributed by atoms with van der Waals surface area (Å²) in [6.07, 6.45) is 9.46. The average Bonchev–Trinajstić information content (AvgIpc) is 2.47. The molecular weight excluding hydrogens is 333 g/mol. The van der Waals surface area contributed by atoms with E-state index in [-0.39, 0.29) is 6.15 Å². The van der Waals surface area contributed by atoms with Crippen LogP contribution in [0.1, 0.15) is 79.1 Å². The molecule has 22 heavy (non-hydrogen) atoms. The quantitative estimate of drug-likeness (QED) is 0.373. The van der Waals surface area contributed by atoms with Gasteiger partial charge in [-0.15, -0.1) is 11.4 Å². The molecule has 0 aliphatic rings. The molecule has 6 heteroatoms. The van der Waals surface area contributed by atoms with Crippen molar-refractivity contribution < 1.29 is 9.42 Å². The zero-order valence-corrected chi connectivity index (χ0v) is 17.8. The molecule has 0 rings (SSSR count). The maximum Gasteiger partial charge on any atom is 0.0541 e. The van der Waals surface area contributed by atoms with Crippen LogP contribution in [0.4, 0.5) is 0 Å². The first kappa shape index (κ1) is 25.1. The summed E-state index contributed by atoms with van der Waals surface area (Å²) in [5.74, 6) is 2.00. The van der Waals surface area contributed by atoms with Crippen LogP contribution >= 0.6 is 17.1 Å². The molecule has 3 unspecified atom stereocenters.